The first-order valence-corrected chi connectivity index (χ1v) is 7.00. The van der Waals surface area contributed by atoms with Crippen molar-refractivity contribution < 1.29 is 9.53 Å². The van der Waals surface area contributed by atoms with E-state index < -0.39 is 0 Å². The summed E-state index contributed by atoms with van der Waals surface area (Å²) < 4.78 is 5.02. The molecule has 0 unspecified atom stereocenters. The standard InChI is InChI=1S/C14H22N4O2/c1-4-12-9-13(16-11(2)15-12)18-6-5-17(7-8-20-3)14(19)10-18/h9H,4-8,10H2,1-3H3. The van der Waals surface area contributed by atoms with Gasteiger partial charge in [-0.2, -0.15) is 0 Å². The molecule has 0 aliphatic carbocycles. The van der Waals surface area contributed by atoms with Crippen molar-refractivity contribution in [3.63, 3.8) is 0 Å². The van der Waals surface area contributed by atoms with E-state index in [-0.39, 0.29) is 5.91 Å². The van der Waals surface area contributed by atoms with Gasteiger partial charge in [0.25, 0.3) is 0 Å². The molecule has 1 aliphatic heterocycles. The van der Waals surface area contributed by atoms with Crippen molar-refractivity contribution in [2.75, 3.05) is 44.8 Å². The van der Waals surface area contributed by atoms with E-state index >= 15 is 0 Å². The molecule has 6 nitrogen and oxygen atoms in total. The molecule has 0 radical (unpaired) electrons. The maximum atomic E-state index is 12.1. The highest BCUT2D eigenvalue weighted by atomic mass is 16.5. The summed E-state index contributed by atoms with van der Waals surface area (Å²) in [4.78, 5) is 24.8. The van der Waals surface area contributed by atoms with E-state index in [2.05, 4.69) is 16.9 Å². The Labute approximate surface area is 119 Å². The second-order valence-corrected chi connectivity index (χ2v) is 4.91. The number of rotatable bonds is 5. The van der Waals surface area contributed by atoms with Gasteiger partial charge in [0.05, 0.1) is 13.2 Å². The van der Waals surface area contributed by atoms with Gasteiger partial charge >= 0.3 is 0 Å². The van der Waals surface area contributed by atoms with Gasteiger partial charge in [0.1, 0.15) is 11.6 Å². The Bertz CT molecular complexity index is 478. The number of amides is 1. The summed E-state index contributed by atoms with van der Waals surface area (Å²) in [5.74, 6) is 1.74. The summed E-state index contributed by atoms with van der Waals surface area (Å²) >= 11 is 0. The quantitative estimate of drug-likeness (QED) is 0.791. The van der Waals surface area contributed by atoms with Crippen LogP contribution in [0.2, 0.25) is 0 Å². The monoisotopic (exact) mass is 278 g/mol. The Balaban J connectivity index is 2.05. The van der Waals surface area contributed by atoms with Gasteiger partial charge in [-0.15, -0.1) is 0 Å². The number of hydrogen-bond acceptors (Lipinski definition) is 5. The summed E-state index contributed by atoms with van der Waals surface area (Å²) in [6, 6.07) is 1.98. The molecule has 20 heavy (non-hydrogen) atoms. The van der Waals surface area contributed by atoms with Crippen LogP contribution < -0.4 is 4.90 Å². The molecule has 6 heteroatoms. The highest BCUT2D eigenvalue weighted by Gasteiger charge is 2.24. The van der Waals surface area contributed by atoms with E-state index in [9.17, 15) is 4.79 Å². The number of carbonyl (C=O) groups is 1. The number of nitrogens with zero attached hydrogens (tertiary/aromatic N) is 4. The summed E-state index contributed by atoms with van der Waals surface area (Å²) in [5, 5.41) is 0. The molecular formula is C14H22N4O2. The third-order valence-electron chi connectivity index (χ3n) is 3.45. The van der Waals surface area contributed by atoms with E-state index in [1.165, 1.54) is 0 Å². The SMILES string of the molecule is CCc1cc(N2CCN(CCOC)C(=O)C2)nc(C)n1. The third kappa shape index (κ3) is 3.45. The number of aryl methyl sites for hydroxylation is 2. The summed E-state index contributed by atoms with van der Waals surface area (Å²) in [7, 11) is 1.65. The van der Waals surface area contributed by atoms with Crippen LogP contribution in [0.4, 0.5) is 5.82 Å². The lowest BCUT2D eigenvalue weighted by Gasteiger charge is -2.35. The van der Waals surface area contributed by atoms with Gasteiger partial charge in [0.2, 0.25) is 5.91 Å². The van der Waals surface area contributed by atoms with Crippen molar-refractivity contribution in [1.29, 1.82) is 0 Å². The topological polar surface area (TPSA) is 58.6 Å². The van der Waals surface area contributed by atoms with Gasteiger partial charge in [-0.3, -0.25) is 4.79 Å². The Morgan fingerprint density at radius 1 is 1.35 bits per heavy atom. The molecule has 1 saturated heterocycles. The fourth-order valence-electron chi connectivity index (χ4n) is 2.30. The predicted molar refractivity (Wildman–Crippen MR) is 76.8 cm³/mol. The third-order valence-corrected chi connectivity index (χ3v) is 3.45. The number of ether oxygens (including phenoxy) is 1. The molecule has 1 aromatic heterocycles. The van der Waals surface area contributed by atoms with Crippen LogP contribution in [0.3, 0.4) is 0 Å². The molecule has 0 N–H and O–H groups in total. The van der Waals surface area contributed by atoms with Gasteiger partial charge in [-0.05, 0) is 13.3 Å². The van der Waals surface area contributed by atoms with Crippen molar-refractivity contribution in [1.82, 2.24) is 14.9 Å². The van der Waals surface area contributed by atoms with Gasteiger partial charge in [0, 0.05) is 38.5 Å². The van der Waals surface area contributed by atoms with Crippen LogP contribution in [-0.2, 0) is 16.0 Å². The Morgan fingerprint density at radius 2 is 2.15 bits per heavy atom. The van der Waals surface area contributed by atoms with Crippen LogP contribution in [0.5, 0.6) is 0 Å². The largest absolute Gasteiger partial charge is 0.383 e. The minimum atomic E-state index is 0.127. The van der Waals surface area contributed by atoms with Crippen LogP contribution in [-0.4, -0.2) is 60.7 Å². The second kappa shape index (κ2) is 6.65. The molecule has 0 bridgehead atoms. The van der Waals surface area contributed by atoms with Gasteiger partial charge in [-0.25, -0.2) is 9.97 Å². The van der Waals surface area contributed by atoms with Crippen molar-refractivity contribution in [2.24, 2.45) is 0 Å². The Kier molecular flexibility index (Phi) is 4.89. The first kappa shape index (κ1) is 14.7. The zero-order valence-corrected chi connectivity index (χ0v) is 12.4. The molecule has 1 aliphatic rings. The molecule has 2 heterocycles. The fourth-order valence-corrected chi connectivity index (χ4v) is 2.30. The molecule has 0 aromatic carbocycles. The van der Waals surface area contributed by atoms with E-state index in [1.807, 2.05) is 22.8 Å². The van der Waals surface area contributed by atoms with E-state index in [0.717, 1.165) is 30.3 Å². The molecule has 1 fully saturated rings. The number of aromatic nitrogens is 2. The lowest BCUT2D eigenvalue weighted by atomic mass is 10.2. The molecule has 2 rings (SSSR count). The van der Waals surface area contributed by atoms with Crippen LogP contribution in [0, 0.1) is 6.92 Å². The minimum Gasteiger partial charge on any atom is -0.383 e. The first-order chi connectivity index (χ1) is 9.63. The average molecular weight is 278 g/mol. The maximum absolute atomic E-state index is 12.1. The number of hydrogen-bond donors (Lipinski definition) is 0. The number of methoxy groups -OCH3 is 1. The van der Waals surface area contributed by atoms with E-state index in [4.69, 9.17) is 4.74 Å². The smallest absolute Gasteiger partial charge is 0.242 e. The van der Waals surface area contributed by atoms with E-state index in [1.54, 1.807) is 7.11 Å². The Hall–Kier alpha value is -1.69. The van der Waals surface area contributed by atoms with Gasteiger partial charge in [-0.1, -0.05) is 6.92 Å². The molecule has 1 aromatic rings. The van der Waals surface area contributed by atoms with Crippen molar-refractivity contribution in [2.45, 2.75) is 20.3 Å². The fraction of sp³-hybridized carbons (Fsp3) is 0.643. The predicted octanol–water partition coefficient (Wildman–Crippen LogP) is 0.642. The van der Waals surface area contributed by atoms with Crippen LogP contribution in [0.15, 0.2) is 6.07 Å². The zero-order valence-electron chi connectivity index (χ0n) is 12.4. The average Bonchev–Trinajstić information content (AvgIpc) is 2.45. The van der Waals surface area contributed by atoms with Crippen LogP contribution in [0.25, 0.3) is 0 Å². The summed E-state index contributed by atoms with van der Waals surface area (Å²) in [6.07, 6.45) is 0.873. The molecule has 1 amide bonds. The van der Waals surface area contributed by atoms with Gasteiger partial charge < -0.3 is 14.5 Å². The number of anilines is 1. The van der Waals surface area contributed by atoms with Crippen molar-refractivity contribution in [3.05, 3.63) is 17.6 Å². The maximum Gasteiger partial charge on any atom is 0.242 e. The molecule has 0 saturated carbocycles. The normalized spacial score (nSPS) is 15.8. The lowest BCUT2D eigenvalue weighted by molar-refractivity contribution is -0.131. The molecule has 0 spiro atoms. The Morgan fingerprint density at radius 3 is 2.80 bits per heavy atom. The lowest BCUT2D eigenvalue weighted by Crippen LogP contribution is -2.51. The highest BCUT2D eigenvalue weighted by molar-refractivity contribution is 5.82. The highest BCUT2D eigenvalue weighted by Crippen LogP contribution is 2.16. The van der Waals surface area contributed by atoms with Crippen LogP contribution in [0.1, 0.15) is 18.4 Å². The van der Waals surface area contributed by atoms with Crippen LogP contribution >= 0.6 is 0 Å². The zero-order chi connectivity index (χ0) is 14.5. The molecular weight excluding hydrogens is 256 g/mol. The van der Waals surface area contributed by atoms with Gasteiger partial charge in [0.15, 0.2) is 0 Å². The first-order valence-electron chi connectivity index (χ1n) is 7.00. The number of carbonyl (C=O) groups excluding carboxylic acids is 1. The van der Waals surface area contributed by atoms with Crippen molar-refractivity contribution >= 4 is 11.7 Å². The minimum absolute atomic E-state index is 0.127. The summed E-state index contributed by atoms with van der Waals surface area (Å²) in [5.41, 5.74) is 1.02. The second-order valence-electron chi connectivity index (χ2n) is 4.91. The van der Waals surface area contributed by atoms with E-state index in [0.29, 0.717) is 26.2 Å². The number of piperazine rings is 1. The molecule has 0 atom stereocenters. The van der Waals surface area contributed by atoms with Crippen molar-refractivity contribution in [3.8, 4) is 0 Å². The summed E-state index contributed by atoms with van der Waals surface area (Å²) in [6.45, 7) is 7.09. The molecule has 110 valence electrons.